The van der Waals surface area contributed by atoms with Crippen LogP contribution in [-0.4, -0.2) is 19.5 Å². The lowest BCUT2D eigenvalue weighted by atomic mass is 9.92. The summed E-state index contributed by atoms with van der Waals surface area (Å²) in [5.74, 6) is 1.85. The van der Waals surface area contributed by atoms with Crippen LogP contribution < -0.4 is 0 Å². The van der Waals surface area contributed by atoms with E-state index in [0.29, 0.717) is 17.5 Å². The summed E-state index contributed by atoms with van der Waals surface area (Å²) in [6.45, 7) is 0. The number of nitrogens with zero attached hydrogens (tertiary/aromatic N) is 4. The first-order chi connectivity index (χ1) is 27.8. The molecule has 0 atom stereocenters. The predicted molar refractivity (Wildman–Crippen MR) is 229 cm³/mol. The zero-order valence-corrected chi connectivity index (χ0v) is 30.2. The van der Waals surface area contributed by atoms with Gasteiger partial charge in [-0.3, -0.25) is 0 Å². The lowest BCUT2D eigenvalue weighted by molar-refractivity contribution is 0.673. The fourth-order valence-electron chi connectivity index (χ4n) is 8.09. The first kappa shape index (κ1) is 31.9. The van der Waals surface area contributed by atoms with Crippen LogP contribution in [-0.2, 0) is 0 Å². The van der Waals surface area contributed by atoms with Gasteiger partial charge in [-0.05, 0) is 47.5 Å². The first-order valence-electron chi connectivity index (χ1n) is 18.8. The predicted octanol–water partition coefficient (Wildman–Crippen LogP) is 13.2. The fraction of sp³-hybridized carbons (Fsp3) is 0. The van der Waals surface area contributed by atoms with Gasteiger partial charge in [0.15, 0.2) is 17.5 Å². The van der Waals surface area contributed by atoms with E-state index in [0.717, 1.165) is 88.4 Å². The van der Waals surface area contributed by atoms with E-state index in [-0.39, 0.29) is 0 Å². The van der Waals surface area contributed by atoms with Gasteiger partial charge in [-0.1, -0.05) is 158 Å². The summed E-state index contributed by atoms with van der Waals surface area (Å²) in [4.78, 5) is 15.3. The number of fused-ring (bicyclic) bond motifs is 7. The number of furan rings is 1. The number of benzene rings is 8. The van der Waals surface area contributed by atoms with Crippen molar-refractivity contribution in [3.8, 4) is 62.1 Å². The maximum absolute atomic E-state index is 6.69. The van der Waals surface area contributed by atoms with Crippen LogP contribution in [0.4, 0.5) is 0 Å². The summed E-state index contributed by atoms with van der Waals surface area (Å²) in [6.07, 6.45) is 0. The van der Waals surface area contributed by atoms with Crippen LogP contribution in [0.25, 0.3) is 106 Å². The molecule has 262 valence electrons. The van der Waals surface area contributed by atoms with Crippen molar-refractivity contribution in [3.63, 3.8) is 0 Å². The summed E-state index contributed by atoms with van der Waals surface area (Å²) < 4.78 is 9.11. The minimum absolute atomic E-state index is 0.602. The molecule has 11 aromatic rings. The van der Waals surface area contributed by atoms with Gasteiger partial charge in [-0.15, -0.1) is 0 Å². The van der Waals surface area contributed by atoms with Crippen molar-refractivity contribution in [2.24, 2.45) is 0 Å². The van der Waals surface area contributed by atoms with Crippen LogP contribution in [0.3, 0.4) is 0 Å². The molecule has 0 aliphatic heterocycles. The van der Waals surface area contributed by atoms with E-state index < -0.39 is 0 Å². The molecule has 0 unspecified atom stereocenters. The van der Waals surface area contributed by atoms with Gasteiger partial charge in [0, 0.05) is 44.0 Å². The van der Waals surface area contributed by atoms with E-state index in [1.165, 1.54) is 0 Å². The molecule has 0 spiro atoms. The van der Waals surface area contributed by atoms with Gasteiger partial charge in [0.1, 0.15) is 11.2 Å². The third-order valence-electron chi connectivity index (χ3n) is 10.6. The molecule has 56 heavy (non-hydrogen) atoms. The van der Waals surface area contributed by atoms with E-state index in [4.69, 9.17) is 19.4 Å². The number of aromatic nitrogens is 4. The molecule has 0 saturated carbocycles. The molecule has 0 aliphatic rings. The molecule has 8 aromatic carbocycles. The SMILES string of the molecule is c1ccc(-c2nc(-c3ccccc3)nc(-c3cc(-c4ccccc4)c(-n4c5ccccc5c5c6oc7ccccc7c6ccc54)c(-c4ccccc4)c3)n2)cc1. The number of para-hydroxylation sites is 2. The third kappa shape index (κ3) is 5.21. The molecule has 0 fully saturated rings. The molecule has 0 saturated heterocycles. The summed E-state index contributed by atoms with van der Waals surface area (Å²) in [7, 11) is 0. The molecule has 3 heterocycles. The summed E-state index contributed by atoms with van der Waals surface area (Å²) in [5, 5.41) is 4.44. The maximum atomic E-state index is 6.69. The van der Waals surface area contributed by atoms with E-state index in [9.17, 15) is 0 Å². The highest BCUT2D eigenvalue weighted by Gasteiger charge is 2.25. The molecular formula is C51H32N4O. The molecule has 0 amide bonds. The summed E-state index contributed by atoms with van der Waals surface area (Å²) >= 11 is 0. The van der Waals surface area contributed by atoms with Crippen LogP contribution in [0, 0.1) is 0 Å². The average Bonchev–Trinajstić information content (AvgIpc) is 3.83. The van der Waals surface area contributed by atoms with Gasteiger partial charge in [0.25, 0.3) is 0 Å². The molecule has 5 heteroatoms. The van der Waals surface area contributed by atoms with Crippen LogP contribution in [0.2, 0.25) is 0 Å². The molecule has 0 aliphatic carbocycles. The zero-order chi connectivity index (χ0) is 37.0. The Balaban J connectivity index is 1.26. The second-order valence-electron chi connectivity index (χ2n) is 14.0. The molecule has 11 rings (SSSR count). The second-order valence-corrected chi connectivity index (χ2v) is 14.0. The normalized spacial score (nSPS) is 11.6. The van der Waals surface area contributed by atoms with Crippen molar-refractivity contribution in [3.05, 3.63) is 194 Å². The third-order valence-corrected chi connectivity index (χ3v) is 10.6. The molecule has 0 radical (unpaired) electrons. The van der Waals surface area contributed by atoms with E-state index >= 15 is 0 Å². The lowest BCUT2D eigenvalue weighted by Crippen LogP contribution is -2.04. The second kappa shape index (κ2) is 13.0. The number of hydrogen-bond donors (Lipinski definition) is 0. The Morgan fingerprint density at radius 2 is 0.821 bits per heavy atom. The largest absolute Gasteiger partial charge is 0.455 e. The van der Waals surface area contributed by atoms with Crippen LogP contribution in [0.5, 0.6) is 0 Å². The van der Waals surface area contributed by atoms with Crippen LogP contribution in [0.15, 0.2) is 199 Å². The monoisotopic (exact) mass is 716 g/mol. The van der Waals surface area contributed by atoms with E-state index in [2.05, 4.69) is 126 Å². The lowest BCUT2D eigenvalue weighted by Gasteiger charge is -2.21. The minimum Gasteiger partial charge on any atom is -0.455 e. The quantitative estimate of drug-likeness (QED) is 0.172. The van der Waals surface area contributed by atoms with E-state index in [1.807, 2.05) is 72.8 Å². The average molecular weight is 717 g/mol. The van der Waals surface area contributed by atoms with Crippen molar-refractivity contribution in [1.82, 2.24) is 19.5 Å². The Morgan fingerprint density at radius 1 is 0.357 bits per heavy atom. The van der Waals surface area contributed by atoms with Gasteiger partial charge in [0.2, 0.25) is 0 Å². The zero-order valence-electron chi connectivity index (χ0n) is 30.2. The van der Waals surface area contributed by atoms with Crippen LogP contribution in [0.1, 0.15) is 0 Å². The Labute approximate surface area is 322 Å². The highest BCUT2D eigenvalue weighted by molar-refractivity contribution is 6.24. The fourth-order valence-corrected chi connectivity index (χ4v) is 8.09. The number of hydrogen-bond acceptors (Lipinski definition) is 4. The Bertz CT molecular complexity index is 3110. The Hall–Kier alpha value is -7.63. The summed E-state index contributed by atoms with van der Waals surface area (Å²) in [6, 6.07) is 67.4. The first-order valence-corrected chi connectivity index (χ1v) is 18.8. The van der Waals surface area contributed by atoms with Crippen LogP contribution >= 0.6 is 0 Å². The van der Waals surface area contributed by atoms with Crippen molar-refractivity contribution in [2.75, 3.05) is 0 Å². The molecule has 3 aromatic heterocycles. The van der Waals surface area contributed by atoms with Gasteiger partial charge in [-0.2, -0.15) is 0 Å². The molecule has 0 bridgehead atoms. The van der Waals surface area contributed by atoms with Crippen molar-refractivity contribution < 1.29 is 4.42 Å². The summed E-state index contributed by atoms with van der Waals surface area (Å²) in [5.41, 5.74) is 12.0. The highest BCUT2D eigenvalue weighted by Crippen LogP contribution is 2.46. The van der Waals surface area contributed by atoms with Gasteiger partial charge >= 0.3 is 0 Å². The topological polar surface area (TPSA) is 56.7 Å². The van der Waals surface area contributed by atoms with Crippen molar-refractivity contribution >= 4 is 43.7 Å². The van der Waals surface area contributed by atoms with Gasteiger partial charge in [-0.25, -0.2) is 15.0 Å². The minimum atomic E-state index is 0.602. The van der Waals surface area contributed by atoms with E-state index in [1.54, 1.807) is 0 Å². The Kier molecular flexibility index (Phi) is 7.42. The number of rotatable bonds is 6. The standard InChI is InChI=1S/C51H32N4O/c1-5-17-33(18-6-1)41-31-37(51-53-49(35-21-9-3-10-22-35)52-50(54-51)36-23-11-4-12-24-36)32-42(34-19-7-2-8-20-34)47(41)55-43-27-15-13-26-40(43)46-44(55)30-29-39-38-25-14-16-28-45(38)56-48(39)46/h1-32H. The van der Waals surface area contributed by atoms with Crippen molar-refractivity contribution in [1.29, 1.82) is 0 Å². The van der Waals surface area contributed by atoms with Crippen molar-refractivity contribution in [2.45, 2.75) is 0 Å². The molecular weight excluding hydrogens is 685 g/mol. The van der Waals surface area contributed by atoms with Gasteiger partial charge in [0.05, 0.1) is 22.1 Å². The maximum Gasteiger partial charge on any atom is 0.164 e. The van der Waals surface area contributed by atoms with Gasteiger partial charge < -0.3 is 8.98 Å². The molecule has 5 nitrogen and oxygen atoms in total. The smallest absolute Gasteiger partial charge is 0.164 e. The Morgan fingerprint density at radius 3 is 1.39 bits per heavy atom. The molecule has 0 N–H and O–H groups in total. The highest BCUT2D eigenvalue weighted by atomic mass is 16.3.